The molecule has 1 N–H and O–H groups in total. The fourth-order valence-corrected chi connectivity index (χ4v) is 4.17. The lowest BCUT2D eigenvalue weighted by atomic mass is 10.1. The first-order valence-corrected chi connectivity index (χ1v) is 10.8. The first-order chi connectivity index (χ1) is 15.7. The average molecular weight is 480 g/mol. The summed E-state index contributed by atoms with van der Waals surface area (Å²) in [5, 5.41) is 8.01. The second kappa shape index (κ2) is 9.32. The molecule has 1 aliphatic rings. The highest BCUT2D eigenvalue weighted by Gasteiger charge is 2.38. The van der Waals surface area contributed by atoms with Crippen molar-refractivity contribution in [3.8, 4) is 11.4 Å². The third-order valence-electron chi connectivity index (χ3n) is 5.00. The third kappa shape index (κ3) is 5.22. The van der Waals surface area contributed by atoms with E-state index in [4.69, 9.17) is 4.74 Å². The van der Waals surface area contributed by atoms with Crippen LogP contribution in [0.25, 0.3) is 11.4 Å². The zero-order chi connectivity index (χ0) is 23.6. The summed E-state index contributed by atoms with van der Waals surface area (Å²) >= 11 is 1.38. The largest absolute Gasteiger partial charge is 0.471 e. The highest BCUT2D eigenvalue weighted by Crippen LogP contribution is 2.29. The van der Waals surface area contributed by atoms with E-state index in [-0.39, 0.29) is 29.9 Å². The summed E-state index contributed by atoms with van der Waals surface area (Å²) in [5.41, 5.74) is 1.58. The summed E-state index contributed by atoms with van der Waals surface area (Å²) in [6.07, 6.45) is -4.73. The number of carbonyl (C=O) groups excluding carboxylic acids is 2. The molecule has 0 saturated carbocycles. The van der Waals surface area contributed by atoms with Crippen molar-refractivity contribution in [2.45, 2.75) is 19.1 Å². The lowest BCUT2D eigenvalue weighted by Crippen LogP contribution is -2.53. The Kier molecular flexibility index (Phi) is 6.47. The molecule has 33 heavy (non-hydrogen) atoms. The van der Waals surface area contributed by atoms with Gasteiger partial charge in [-0.3, -0.25) is 9.59 Å². The van der Waals surface area contributed by atoms with Gasteiger partial charge in [0.2, 0.25) is 5.82 Å². The van der Waals surface area contributed by atoms with Gasteiger partial charge in [0.15, 0.2) is 0 Å². The molecule has 0 radical (unpaired) electrons. The highest BCUT2D eigenvalue weighted by atomic mass is 32.1. The number of alkyl halides is 3. The standard InChI is InChI=1S/C21H19F3N4O4S/c1-12-8-16(33-11-12)19(30)28-6-7-31-10-15(28)9-25-18(29)14-4-2-13(3-5-14)17-26-20(32-27-17)21(22,23)24/h2-5,8,11,15H,6-7,9-10H2,1H3,(H,25,29). The van der Waals surface area contributed by atoms with E-state index in [0.29, 0.717) is 30.2 Å². The predicted molar refractivity (Wildman–Crippen MR) is 112 cm³/mol. The van der Waals surface area contributed by atoms with Crippen LogP contribution in [0.5, 0.6) is 0 Å². The zero-order valence-corrected chi connectivity index (χ0v) is 18.2. The number of hydrogen-bond acceptors (Lipinski definition) is 7. The van der Waals surface area contributed by atoms with Crippen molar-refractivity contribution in [3.05, 3.63) is 57.6 Å². The van der Waals surface area contributed by atoms with Crippen LogP contribution in [0.4, 0.5) is 13.2 Å². The van der Waals surface area contributed by atoms with Crippen molar-refractivity contribution >= 4 is 23.2 Å². The van der Waals surface area contributed by atoms with Gasteiger partial charge in [-0.25, -0.2) is 0 Å². The molecule has 4 rings (SSSR count). The summed E-state index contributed by atoms with van der Waals surface area (Å²) in [4.78, 5) is 31.1. The smallest absolute Gasteiger partial charge is 0.377 e. The Morgan fingerprint density at radius 2 is 2.03 bits per heavy atom. The monoisotopic (exact) mass is 480 g/mol. The number of ether oxygens (including phenoxy) is 1. The Morgan fingerprint density at radius 1 is 1.27 bits per heavy atom. The average Bonchev–Trinajstić information content (AvgIpc) is 3.47. The fourth-order valence-electron chi connectivity index (χ4n) is 3.32. The fraction of sp³-hybridized carbons (Fsp3) is 0.333. The number of amides is 2. The second-order valence-electron chi connectivity index (χ2n) is 7.42. The summed E-state index contributed by atoms with van der Waals surface area (Å²) in [5.74, 6) is -2.16. The SMILES string of the molecule is Cc1csc(C(=O)N2CCOCC2CNC(=O)c2ccc(-c3noc(C(F)(F)F)n3)cc2)c1. The van der Waals surface area contributed by atoms with Crippen LogP contribution in [0.3, 0.4) is 0 Å². The Morgan fingerprint density at radius 3 is 2.67 bits per heavy atom. The van der Waals surface area contributed by atoms with Gasteiger partial charge in [-0.2, -0.15) is 18.2 Å². The van der Waals surface area contributed by atoms with E-state index in [0.717, 1.165) is 5.56 Å². The minimum atomic E-state index is -4.73. The maximum Gasteiger partial charge on any atom is 0.471 e. The number of aryl methyl sites for hydroxylation is 1. The van der Waals surface area contributed by atoms with Gasteiger partial charge >= 0.3 is 12.1 Å². The highest BCUT2D eigenvalue weighted by molar-refractivity contribution is 7.12. The van der Waals surface area contributed by atoms with Crippen molar-refractivity contribution in [1.82, 2.24) is 20.4 Å². The number of hydrogen-bond donors (Lipinski definition) is 1. The van der Waals surface area contributed by atoms with Crippen LogP contribution in [-0.2, 0) is 10.9 Å². The van der Waals surface area contributed by atoms with Gasteiger partial charge in [0.1, 0.15) is 0 Å². The summed E-state index contributed by atoms with van der Waals surface area (Å²) in [6, 6.07) is 7.27. The molecule has 1 saturated heterocycles. The van der Waals surface area contributed by atoms with Crippen molar-refractivity contribution in [2.75, 3.05) is 26.3 Å². The van der Waals surface area contributed by atoms with E-state index < -0.39 is 18.0 Å². The van der Waals surface area contributed by atoms with Crippen LogP contribution in [0.15, 0.2) is 40.2 Å². The summed E-state index contributed by atoms with van der Waals surface area (Å²) < 4.78 is 47.6. The topological polar surface area (TPSA) is 97.6 Å². The summed E-state index contributed by atoms with van der Waals surface area (Å²) in [6.45, 7) is 3.26. The quantitative estimate of drug-likeness (QED) is 0.601. The Labute approximate surface area is 190 Å². The lowest BCUT2D eigenvalue weighted by Gasteiger charge is -2.35. The van der Waals surface area contributed by atoms with Crippen LogP contribution < -0.4 is 5.32 Å². The van der Waals surface area contributed by atoms with Gasteiger partial charge in [-0.05, 0) is 36.1 Å². The van der Waals surface area contributed by atoms with Crippen molar-refractivity contribution < 1.29 is 32.0 Å². The minimum absolute atomic E-state index is 0.0988. The molecule has 2 aromatic heterocycles. The normalized spacial score (nSPS) is 16.6. The molecule has 1 aliphatic heterocycles. The molecular weight excluding hydrogens is 461 g/mol. The molecule has 1 fully saturated rings. The third-order valence-corrected chi connectivity index (χ3v) is 6.04. The first kappa shape index (κ1) is 22.9. The summed E-state index contributed by atoms with van der Waals surface area (Å²) in [7, 11) is 0. The number of nitrogens with one attached hydrogen (secondary N) is 1. The number of halogens is 3. The van der Waals surface area contributed by atoms with Crippen molar-refractivity contribution in [3.63, 3.8) is 0 Å². The van der Waals surface area contributed by atoms with Gasteiger partial charge in [0.05, 0.1) is 24.1 Å². The van der Waals surface area contributed by atoms with Crippen LogP contribution in [0, 0.1) is 6.92 Å². The predicted octanol–water partition coefficient (Wildman–Crippen LogP) is 3.40. The number of thiophene rings is 1. The van der Waals surface area contributed by atoms with E-state index in [9.17, 15) is 22.8 Å². The van der Waals surface area contributed by atoms with E-state index in [2.05, 4.69) is 20.0 Å². The van der Waals surface area contributed by atoms with Crippen LogP contribution in [0.1, 0.15) is 31.5 Å². The molecule has 1 atom stereocenters. The van der Waals surface area contributed by atoms with Crippen molar-refractivity contribution in [1.29, 1.82) is 0 Å². The second-order valence-corrected chi connectivity index (χ2v) is 8.34. The van der Waals surface area contributed by atoms with Crippen LogP contribution in [0.2, 0.25) is 0 Å². The van der Waals surface area contributed by atoms with Gasteiger partial charge in [0.25, 0.3) is 11.8 Å². The molecule has 1 aromatic carbocycles. The number of morpholine rings is 1. The van der Waals surface area contributed by atoms with Crippen LogP contribution in [-0.4, -0.2) is 59.2 Å². The number of rotatable bonds is 5. The molecule has 0 spiro atoms. The Bertz CT molecular complexity index is 1140. The number of carbonyl (C=O) groups is 2. The number of nitrogens with zero attached hydrogens (tertiary/aromatic N) is 3. The molecule has 1 unspecified atom stereocenters. The van der Waals surface area contributed by atoms with Gasteiger partial charge < -0.3 is 19.5 Å². The molecule has 174 valence electrons. The van der Waals surface area contributed by atoms with Crippen molar-refractivity contribution in [2.24, 2.45) is 0 Å². The van der Waals surface area contributed by atoms with E-state index >= 15 is 0 Å². The maximum atomic E-state index is 12.9. The molecule has 0 bridgehead atoms. The maximum absolute atomic E-state index is 12.9. The van der Waals surface area contributed by atoms with Gasteiger partial charge in [0, 0.05) is 24.2 Å². The molecule has 2 amide bonds. The molecule has 3 aromatic rings. The van der Waals surface area contributed by atoms with Gasteiger partial charge in [-0.1, -0.05) is 17.3 Å². The number of aromatic nitrogens is 2. The van der Waals surface area contributed by atoms with E-state index in [1.807, 2.05) is 18.4 Å². The Balaban J connectivity index is 1.38. The van der Waals surface area contributed by atoms with E-state index in [1.54, 1.807) is 4.90 Å². The lowest BCUT2D eigenvalue weighted by molar-refractivity contribution is -0.159. The molecular formula is C21H19F3N4O4S. The first-order valence-electron chi connectivity index (χ1n) is 9.96. The molecule has 0 aliphatic carbocycles. The van der Waals surface area contributed by atoms with Gasteiger partial charge in [-0.15, -0.1) is 11.3 Å². The van der Waals surface area contributed by atoms with Crippen LogP contribution >= 0.6 is 11.3 Å². The minimum Gasteiger partial charge on any atom is -0.377 e. The molecule has 12 heteroatoms. The molecule has 3 heterocycles. The molecule has 8 nitrogen and oxygen atoms in total. The number of benzene rings is 1. The van der Waals surface area contributed by atoms with E-state index in [1.165, 1.54) is 35.6 Å². The Hall–Kier alpha value is -3.25. The zero-order valence-electron chi connectivity index (χ0n) is 17.4.